The van der Waals surface area contributed by atoms with E-state index in [4.69, 9.17) is 21.1 Å². The number of aryl methyl sites for hydroxylation is 1. The Morgan fingerprint density at radius 1 is 1.08 bits per heavy atom. The highest BCUT2D eigenvalue weighted by atomic mass is 35.5. The van der Waals surface area contributed by atoms with Gasteiger partial charge in [-0.25, -0.2) is 0 Å². The van der Waals surface area contributed by atoms with Gasteiger partial charge in [0, 0.05) is 35.5 Å². The van der Waals surface area contributed by atoms with Crippen molar-refractivity contribution in [1.29, 1.82) is 0 Å². The standard InChI is InChI=1S/C29H30ClNO5/c1-29(17-21-10-12-24(30)13-11-21)18-23-15-22(16-25(35-2)27(23)36-29)28(34)31(19-26(32)33)14-6-9-20-7-4-3-5-8-20/h3-5,7-8,10-13,15-16H,6,9,14,17-19H2,1-2H3,(H,32,33)/t29-/m1/s1. The number of nitrogens with zero attached hydrogens (tertiary/aromatic N) is 1. The molecule has 3 aromatic carbocycles. The minimum absolute atomic E-state index is 0.335. The number of aliphatic carboxylic acids is 1. The number of methoxy groups -OCH3 is 1. The number of rotatable bonds is 10. The van der Waals surface area contributed by atoms with Crippen molar-refractivity contribution in [2.75, 3.05) is 20.2 Å². The molecule has 0 unspecified atom stereocenters. The van der Waals surface area contributed by atoms with Gasteiger partial charge in [0.15, 0.2) is 11.5 Å². The molecule has 0 aliphatic carbocycles. The average molecular weight is 508 g/mol. The first kappa shape index (κ1) is 25.6. The maximum atomic E-state index is 13.4. The lowest BCUT2D eigenvalue weighted by Gasteiger charge is -2.24. The van der Waals surface area contributed by atoms with E-state index in [0.29, 0.717) is 47.9 Å². The Kier molecular flexibility index (Phi) is 7.85. The van der Waals surface area contributed by atoms with Crippen molar-refractivity contribution < 1.29 is 24.2 Å². The molecule has 1 heterocycles. The normalized spacial score (nSPS) is 16.2. The van der Waals surface area contributed by atoms with Gasteiger partial charge in [-0.2, -0.15) is 0 Å². The largest absolute Gasteiger partial charge is 0.493 e. The molecular formula is C29H30ClNO5. The summed E-state index contributed by atoms with van der Waals surface area (Å²) in [5.74, 6) is -0.289. The number of carboxylic acid groups (broad SMARTS) is 1. The van der Waals surface area contributed by atoms with Crippen LogP contribution < -0.4 is 9.47 Å². The molecule has 1 N–H and O–H groups in total. The lowest BCUT2D eigenvalue weighted by molar-refractivity contribution is -0.137. The number of hydrogen-bond acceptors (Lipinski definition) is 4. The third-order valence-corrected chi connectivity index (χ3v) is 6.60. The monoisotopic (exact) mass is 507 g/mol. The summed E-state index contributed by atoms with van der Waals surface area (Å²) in [6.45, 7) is 2.00. The summed E-state index contributed by atoms with van der Waals surface area (Å²) in [4.78, 5) is 26.3. The van der Waals surface area contributed by atoms with E-state index >= 15 is 0 Å². The highest BCUT2D eigenvalue weighted by Gasteiger charge is 2.38. The van der Waals surface area contributed by atoms with E-state index in [1.807, 2.05) is 61.5 Å². The number of carboxylic acids is 1. The molecule has 0 bridgehead atoms. The Hall–Kier alpha value is -3.51. The summed E-state index contributed by atoms with van der Waals surface area (Å²) in [6, 6.07) is 21.0. The zero-order valence-electron chi connectivity index (χ0n) is 20.5. The highest BCUT2D eigenvalue weighted by molar-refractivity contribution is 6.30. The lowest BCUT2D eigenvalue weighted by atomic mass is 9.91. The average Bonchev–Trinajstić information content (AvgIpc) is 3.20. The van der Waals surface area contributed by atoms with Gasteiger partial charge in [0.1, 0.15) is 12.1 Å². The van der Waals surface area contributed by atoms with Crippen molar-refractivity contribution in [2.24, 2.45) is 0 Å². The summed E-state index contributed by atoms with van der Waals surface area (Å²) in [5.41, 5.74) is 2.99. The van der Waals surface area contributed by atoms with Gasteiger partial charge in [-0.05, 0) is 55.2 Å². The molecule has 36 heavy (non-hydrogen) atoms. The summed E-state index contributed by atoms with van der Waals surface area (Å²) >= 11 is 6.02. The molecule has 1 aliphatic rings. The molecule has 7 heteroatoms. The van der Waals surface area contributed by atoms with Crippen LogP contribution in [0.25, 0.3) is 0 Å². The number of benzene rings is 3. The Bertz CT molecular complexity index is 1230. The molecule has 0 spiro atoms. The zero-order valence-corrected chi connectivity index (χ0v) is 21.3. The zero-order chi connectivity index (χ0) is 25.7. The Morgan fingerprint density at radius 2 is 1.81 bits per heavy atom. The second kappa shape index (κ2) is 11.0. The molecule has 0 saturated heterocycles. The van der Waals surface area contributed by atoms with Crippen LogP contribution in [0.4, 0.5) is 0 Å². The quantitative estimate of drug-likeness (QED) is 0.395. The van der Waals surface area contributed by atoms with Crippen LogP contribution in [0.1, 0.15) is 40.4 Å². The van der Waals surface area contributed by atoms with E-state index < -0.39 is 11.6 Å². The summed E-state index contributed by atoms with van der Waals surface area (Å²) < 4.78 is 11.9. The van der Waals surface area contributed by atoms with Gasteiger partial charge in [-0.1, -0.05) is 54.1 Å². The predicted octanol–water partition coefficient (Wildman–Crippen LogP) is 5.44. The molecule has 1 amide bonds. The van der Waals surface area contributed by atoms with Gasteiger partial charge in [0.05, 0.1) is 7.11 Å². The molecule has 0 aromatic heterocycles. The predicted molar refractivity (Wildman–Crippen MR) is 139 cm³/mol. The number of carbonyl (C=O) groups is 2. The van der Waals surface area contributed by atoms with Gasteiger partial charge >= 0.3 is 5.97 Å². The molecule has 0 fully saturated rings. The number of hydrogen-bond donors (Lipinski definition) is 1. The van der Waals surface area contributed by atoms with Crippen LogP contribution in [-0.4, -0.2) is 47.7 Å². The molecule has 1 atom stereocenters. The fraction of sp³-hybridized carbons (Fsp3) is 0.310. The number of carbonyl (C=O) groups excluding carboxylic acids is 1. The minimum atomic E-state index is -1.05. The molecule has 6 nitrogen and oxygen atoms in total. The fourth-order valence-corrected chi connectivity index (χ4v) is 4.84. The van der Waals surface area contributed by atoms with Crippen LogP contribution in [0.2, 0.25) is 5.02 Å². The van der Waals surface area contributed by atoms with Crippen molar-refractivity contribution in [3.63, 3.8) is 0 Å². The van der Waals surface area contributed by atoms with Crippen LogP contribution in [0.5, 0.6) is 11.5 Å². The first-order valence-corrected chi connectivity index (χ1v) is 12.3. The Balaban J connectivity index is 1.52. The maximum Gasteiger partial charge on any atom is 0.323 e. The fourth-order valence-electron chi connectivity index (χ4n) is 4.72. The van der Waals surface area contributed by atoms with Crippen molar-refractivity contribution in [3.8, 4) is 11.5 Å². The number of amides is 1. The van der Waals surface area contributed by atoms with Crippen molar-refractivity contribution >= 4 is 23.5 Å². The molecular weight excluding hydrogens is 478 g/mol. The smallest absolute Gasteiger partial charge is 0.323 e. The van der Waals surface area contributed by atoms with Gasteiger partial charge in [-0.15, -0.1) is 0 Å². The van der Waals surface area contributed by atoms with Crippen molar-refractivity contribution in [2.45, 2.75) is 38.2 Å². The highest BCUT2D eigenvalue weighted by Crippen LogP contribution is 2.44. The Morgan fingerprint density at radius 3 is 2.47 bits per heavy atom. The number of fused-ring (bicyclic) bond motifs is 1. The van der Waals surface area contributed by atoms with E-state index in [-0.39, 0.29) is 12.5 Å². The number of halogens is 1. The van der Waals surface area contributed by atoms with Gasteiger partial charge in [0.2, 0.25) is 0 Å². The molecule has 4 rings (SSSR count). The van der Waals surface area contributed by atoms with Crippen LogP contribution in [-0.2, 0) is 24.1 Å². The van der Waals surface area contributed by atoms with Crippen LogP contribution in [0.15, 0.2) is 66.7 Å². The molecule has 0 saturated carbocycles. The molecule has 3 aromatic rings. The van der Waals surface area contributed by atoms with Crippen LogP contribution >= 0.6 is 11.6 Å². The third-order valence-electron chi connectivity index (χ3n) is 6.35. The topological polar surface area (TPSA) is 76.1 Å². The van der Waals surface area contributed by atoms with E-state index in [1.54, 1.807) is 12.1 Å². The van der Waals surface area contributed by atoms with Crippen molar-refractivity contribution in [3.05, 3.63) is 94.0 Å². The first-order chi connectivity index (χ1) is 17.3. The van der Waals surface area contributed by atoms with Crippen LogP contribution in [0.3, 0.4) is 0 Å². The minimum Gasteiger partial charge on any atom is -0.493 e. The van der Waals surface area contributed by atoms with E-state index in [2.05, 4.69) is 0 Å². The van der Waals surface area contributed by atoms with Crippen molar-refractivity contribution in [1.82, 2.24) is 4.90 Å². The maximum absolute atomic E-state index is 13.4. The molecule has 188 valence electrons. The van der Waals surface area contributed by atoms with Gasteiger partial charge in [-0.3, -0.25) is 9.59 Å². The lowest BCUT2D eigenvalue weighted by Crippen LogP contribution is -2.36. The summed E-state index contributed by atoms with van der Waals surface area (Å²) in [7, 11) is 1.54. The van der Waals surface area contributed by atoms with E-state index in [0.717, 1.165) is 23.1 Å². The SMILES string of the molecule is COc1cc(C(=O)N(CCCc2ccccc2)CC(=O)O)cc2c1O[C@](C)(Cc1ccc(Cl)cc1)C2. The first-order valence-electron chi connectivity index (χ1n) is 12.0. The second-order valence-electron chi connectivity index (χ2n) is 9.41. The van der Waals surface area contributed by atoms with Crippen LogP contribution in [0, 0.1) is 0 Å². The Labute approximate surface area is 216 Å². The second-order valence-corrected chi connectivity index (χ2v) is 9.84. The number of ether oxygens (including phenoxy) is 2. The third kappa shape index (κ3) is 6.18. The van der Waals surface area contributed by atoms with E-state index in [1.165, 1.54) is 12.0 Å². The summed E-state index contributed by atoms with van der Waals surface area (Å²) in [5, 5.41) is 10.1. The summed E-state index contributed by atoms with van der Waals surface area (Å²) in [6.07, 6.45) is 2.67. The van der Waals surface area contributed by atoms with Gasteiger partial charge in [0.25, 0.3) is 5.91 Å². The molecule has 1 aliphatic heterocycles. The van der Waals surface area contributed by atoms with E-state index in [9.17, 15) is 14.7 Å². The van der Waals surface area contributed by atoms with Gasteiger partial charge < -0.3 is 19.5 Å². The molecule has 0 radical (unpaired) electrons.